The van der Waals surface area contributed by atoms with Gasteiger partial charge in [-0.3, -0.25) is 9.59 Å². The molecule has 1 aromatic carbocycles. The standard InChI is InChI=1S/C22H30N2O5/c1-16(25)8-9-19(26)24-13-11-22(15-24)10-5-12-23(21(22)27)14-17-6-4-7-18(28-2)20(17)29-3/h4,6-7H,5,8-15H2,1-3H3. The number of amides is 2. The van der Waals surface area contributed by atoms with Crippen LogP contribution in [-0.4, -0.2) is 61.3 Å². The average molecular weight is 402 g/mol. The zero-order valence-electron chi connectivity index (χ0n) is 17.5. The molecule has 7 nitrogen and oxygen atoms in total. The number of para-hydroxylation sites is 1. The molecule has 2 fully saturated rings. The van der Waals surface area contributed by atoms with Gasteiger partial charge in [0, 0.05) is 44.6 Å². The predicted molar refractivity (Wildman–Crippen MR) is 108 cm³/mol. The SMILES string of the molecule is COc1cccc(CN2CCCC3(CCN(C(=O)CCC(C)=O)C3)C2=O)c1OC. The van der Waals surface area contributed by atoms with E-state index in [9.17, 15) is 14.4 Å². The van der Waals surface area contributed by atoms with Crippen LogP contribution in [-0.2, 0) is 20.9 Å². The Morgan fingerprint density at radius 1 is 1.10 bits per heavy atom. The zero-order chi connectivity index (χ0) is 21.0. The fourth-order valence-electron chi connectivity index (χ4n) is 4.49. The van der Waals surface area contributed by atoms with Crippen LogP contribution in [0, 0.1) is 5.41 Å². The van der Waals surface area contributed by atoms with Gasteiger partial charge in [0.1, 0.15) is 5.78 Å². The largest absolute Gasteiger partial charge is 0.493 e. The topological polar surface area (TPSA) is 76.2 Å². The predicted octanol–water partition coefficient (Wildman–Crippen LogP) is 2.41. The molecule has 0 aliphatic carbocycles. The lowest BCUT2D eigenvalue weighted by Crippen LogP contribution is -2.50. The van der Waals surface area contributed by atoms with Crippen molar-refractivity contribution < 1.29 is 23.9 Å². The van der Waals surface area contributed by atoms with Crippen molar-refractivity contribution in [1.29, 1.82) is 0 Å². The summed E-state index contributed by atoms with van der Waals surface area (Å²) in [5.74, 6) is 1.38. The minimum Gasteiger partial charge on any atom is -0.493 e. The Morgan fingerprint density at radius 3 is 2.59 bits per heavy atom. The van der Waals surface area contributed by atoms with Crippen molar-refractivity contribution in [1.82, 2.24) is 9.80 Å². The lowest BCUT2D eigenvalue weighted by Gasteiger charge is -2.39. The van der Waals surface area contributed by atoms with Gasteiger partial charge < -0.3 is 24.1 Å². The third-order valence-electron chi connectivity index (χ3n) is 6.07. The van der Waals surface area contributed by atoms with Crippen LogP contribution in [0.15, 0.2) is 18.2 Å². The number of piperidine rings is 1. The summed E-state index contributed by atoms with van der Waals surface area (Å²) < 4.78 is 10.9. The molecule has 0 N–H and O–H groups in total. The first-order valence-corrected chi connectivity index (χ1v) is 10.2. The van der Waals surface area contributed by atoms with E-state index in [2.05, 4.69) is 0 Å². The number of likely N-dealkylation sites (tertiary alicyclic amines) is 2. The third kappa shape index (κ3) is 4.38. The highest BCUT2D eigenvalue weighted by atomic mass is 16.5. The van der Waals surface area contributed by atoms with Crippen LogP contribution in [0.3, 0.4) is 0 Å². The number of benzene rings is 1. The molecule has 0 saturated carbocycles. The van der Waals surface area contributed by atoms with Crippen molar-refractivity contribution in [2.45, 2.75) is 45.6 Å². The molecular weight excluding hydrogens is 372 g/mol. The normalized spacial score (nSPS) is 21.6. The van der Waals surface area contributed by atoms with Gasteiger partial charge in [-0.2, -0.15) is 0 Å². The number of carbonyl (C=O) groups is 3. The van der Waals surface area contributed by atoms with E-state index in [1.807, 2.05) is 23.1 Å². The molecule has 2 aliphatic rings. The minimum absolute atomic E-state index is 0.0133. The summed E-state index contributed by atoms with van der Waals surface area (Å²) in [7, 11) is 3.20. The number of hydrogen-bond donors (Lipinski definition) is 0. The van der Waals surface area contributed by atoms with E-state index >= 15 is 0 Å². The van der Waals surface area contributed by atoms with Gasteiger partial charge in [-0.15, -0.1) is 0 Å². The van der Waals surface area contributed by atoms with Gasteiger partial charge in [-0.05, 0) is 32.3 Å². The fourth-order valence-corrected chi connectivity index (χ4v) is 4.49. The molecule has 0 bridgehead atoms. The summed E-state index contributed by atoms with van der Waals surface area (Å²) in [5.41, 5.74) is 0.403. The van der Waals surface area contributed by atoms with E-state index in [1.54, 1.807) is 19.1 Å². The second-order valence-electron chi connectivity index (χ2n) is 8.03. The van der Waals surface area contributed by atoms with Crippen LogP contribution >= 0.6 is 0 Å². The molecule has 29 heavy (non-hydrogen) atoms. The summed E-state index contributed by atoms with van der Waals surface area (Å²) in [4.78, 5) is 40.6. The Balaban J connectivity index is 1.71. The zero-order valence-corrected chi connectivity index (χ0v) is 17.5. The number of carbonyl (C=O) groups excluding carboxylic acids is 3. The van der Waals surface area contributed by atoms with Gasteiger partial charge >= 0.3 is 0 Å². The average Bonchev–Trinajstić information content (AvgIpc) is 3.14. The maximum absolute atomic E-state index is 13.4. The van der Waals surface area contributed by atoms with E-state index in [0.29, 0.717) is 44.1 Å². The molecule has 2 heterocycles. The Morgan fingerprint density at radius 2 is 1.90 bits per heavy atom. The highest BCUT2D eigenvalue weighted by Crippen LogP contribution is 2.41. The number of rotatable bonds is 7. The molecule has 1 unspecified atom stereocenters. The minimum atomic E-state index is -0.504. The molecule has 1 aromatic rings. The molecule has 2 amide bonds. The van der Waals surface area contributed by atoms with Crippen molar-refractivity contribution in [3.8, 4) is 11.5 Å². The molecule has 2 saturated heterocycles. The van der Waals surface area contributed by atoms with Gasteiger partial charge in [0.15, 0.2) is 11.5 Å². The van der Waals surface area contributed by atoms with Crippen LogP contribution in [0.25, 0.3) is 0 Å². The number of hydrogen-bond acceptors (Lipinski definition) is 5. The Kier molecular flexibility index (Phi) is 6.45. The molecular formula is C22H30N2O5. The van der Waals surface area contributed by atoms with Crippen LogP contribution in [0.4, 0.5) is 0 Å². The van der Waals surface area contributed by atoms with E-state index in [0.717, 1.165) is 18.4 Å². The van der Waals surface area contributed by atoms with Crippen molar-refractivity contribution >= 4 is 17.6 Å². The first kappa shape index (κ1) is 21.1. The molecule has 158 valence electrons. The Bertz CT molecular complexity index is 793. The summed E-state index contributed by atoms with van der Waals surface area (Å²) >= 11 is 0. The second kappa shape index (κ2) is 8.84. The summed E-state index contributed by atoms with van der Waals surface area (Å²) in [6.45, 7) is 3.68. The van der Waals surface area contributed by atoms with Crippen LogP contribution in [0.1, 0.15) is 44.6 Å². The van der Waals surface area contributed by atoms with Gasteiger partial charge in [-0.25, -0.2) is 0 Å². The molecule has 0 aromatic heterocycles. The first-order valence-electron chi connectivity index (χ1n) is 10.2. The van der Waals surface area contributed by atoms with E-state index < -0.39 is 5.41 Å². The van der Waals surface area contributed by atoms with Crippen LogP contribution < -0.4 is 9.47 Å². The van der Waals surface area contributed by atoms with Crippen LogP contribution in [0.2, 0.25) is 0 Å². The van der Waals surface area contributed by atoms with Gasteiger partial charge in [-0.1, -0.05) is 12.1 Å². The van der Waals surface area contributed by atoms with Crippen LogP contribution in [0.5, 0.6) is 11.5 Å². The molecule has 1 atom stereocenters. The van der Waals surface area contributed by atoms with Crippen molar-refractivity contribution in [2.75, 3.05) is 33.9 Å². The van der Waals surface area contributed by atoms with Gasteiger partial charge in [0.25, 0.3) is 0 Å². The van der Waals surface area contributed by atoms with E-state index in [-0.39, 0.29) is 30.4 Å². The van der Waals surface area contributed by atoms with Crippen molar-refractivity contribution in [2.24, 2.45) is 5.41 Å². The number of Topliss-reactive ketones (excluding diaryl/α,β-unsaturated/α-hetero) is 1. The Hall–Kier alpha value is -2.57. The summed E-state index contributed by atoms with van der Waals surface area (Å²) in [5, 5.41) is 0. The highest BCUT2D eigenvalue weighted by molar-refractivity contribution is 5.87. The molecule has 0 radical (unpaired) electrons. The summed E-state index contributed by atoms with van der Waals surface area (Å²) in [6, 6.07) is 5.68. The number of ketones is 1. The highest BCUT2D eigenvalue weighted by Gasteiger charge is 2.49. The number of methoxy groups -OCH3 is 2. The first-order chi connectivity index (χ1) is 13.9. The van der Waals surface area contributed by atoms with Gasteiger partial charge in [0.2, 0.25) is 11.8 Å². The quantitative estimate of drug-likeness (QED) is 0.700. The number of ether oxygens (including phenoxy) is 2. The number of nitrogens with zero attached hydrogens (tertiary/aromatic N) is 2. The molecule has 2 aliphatic heterocycles. The summed E-state index contributed by atoms with van der Waals surface area (Å²) in [6.07, 6.45) is 2.88. The maximum atomic E-state index is 13.4. The smallest absolute Gasteiger partial charge is 0.230 e. The Labute approximate surface area is 171 Å². The van der Waals surface area contributed by atoms with E-state index in [4.69, 9.17) is 9.47 Å². The maximum Gasteiger partial charge on any atom is 0.230 e. The lowest BCUT2D eigenvalue weighted by atomic mass is 9.78. The lowest BCUT2D eigenvalue weighted by molar-refractivity contribution is -0.147. The second-order valence-corrected chi connectivity index (χ2v) is 8.03. The monoisotopic (exact) mass is 402 g/mol. The van der Waals surface area contributed by atoms with Crippen molar-refractivity contribution in [3.05, 3.63) is 23.8 Å². The van der Waals surface area contributed by atoms with E-state index in [1.165, 1.54) is 6.92 Å². The van der Waals surface area contributed by atoms with Crippen molar-refractivity contribution in [3.63, 3.8) is 0 Å². The molecule has 3 rings (SSSR count). The van der Waals surface area contributed by atoms with Gasteiger partial charge in [0.05, 0.1) is 19.6 Å². The fraction of sp³-hybridized carbons (Fsp3) is 0.591. The molecule has 7 heteroatoms. The molecule has 1 spiro atoms. The third-order valence-corrected chi connectivity index (χ3v) is 6.07.